The van der Waals surface area contributed by atoms with Crippen LogP contribution in [0, 0.1) is 29.6 Å². The monoisotopic (exact) mass is 433 g/mol. The molecule has 0 aromatic carbocycles. The van der Waals surface area contributed by atoms with Crippen molar-refractivity contribution >= 4 is 0 Å². The molecule has 178 valence electrons. The molecule has 2 aliphatic rings. The van der Waals surface area contributed by atoms with Crippen LogP contribution < -0.4 is 16.1 Å². The average molecular weight is 434 g/mol. The van der Waals surface area contributed by atoms with Crippen LogP contribution in [0.1, 0.15) is 73.1 Å². The quantitative estimate of drug-likeness (QED) is 0.246. The van der Waals surface area contributed by atoms with Crippen LogP contribution in [0.3, 0.4) is 0 Å². The zero-order valence-corrected chi connectivity index (χ0v) is 20.7. The second-order valence-electron chi connectivity index (χ2n) is 9.78. The van der Waals surface area contributed by atoms with E-state index in [0.717, 1.165) is 37.4 Å². The van der Waals surface area contributed by atoms with Crippen molar-refractivity contribution < 1.29 is 9.94 Å². The van der Waals surface area contributed by atoms with E-state index in [4.69, 9.17) is 4.84 Å². The Morgan fingerprint density at radius 2 is 2.00 bits per heavy atom. The van der Waals surface area contributed by atoms with Crippen LogP contribution in [0.4, 0.5) is 0 Å². The van der Waals surface area contributed by atoms with Crippen LogP contribution in [0.2, 0.25) is 0 Å². The molecule has 1 fully saturated rings. The van der Waals surface area contributed by atoms with Gasteiger partial charge < -0.3 is 20.6 Å². The Labute approximate surface area is 190 Å². The molecule has 0 saturated heterocycles. The average Bonchev–Trinajstić information content (AvgIpc) is 3.30. The molecule has 4 N–H and O–H groups in total. The highest BCUT2D eigenvalue weighted by Crippen LogP contribution is 2.41. The molecule has 1 aliphatic heterocycles. The summed E-state index contributed by atoms with van der Waals surface area (Å²) >= 11 is 0. The molecule has 0 spiro atoms. The fourth-order valence-electron chi connectivity index (χ4n) is 5.08. The molecule has 5 heteroatoms. The van der Waals surface area contributed by atoms with Gasteiger partial charge in [0.05, 0.1) is 6.61 Å². The van der Waals surface area contributed by atoms with E-state index in [-0.39, 0.29) is 6.61 Å². The first-order chi connectivity index (χ1) is 14.9. The van der Waals surface area contributed by atoms with Gasteiger partial charge in [-0.2, -0.15) is 5.48 Å². The fourth-order valence-corrected chi connectivity index (χ4v) is 5.08. The van der Waals surface area contributed by atoms with Crippen molar-refractivity contribution in [3.05, 3.63) is 35.3 Å². The molecule has 1 saturated carbocycles. The number of rotatable bonds is 13. The first-order valence-electron chi connectivity index (χ1n) is 12.4. The van der Waals surface area contributed by atoms with Gasteiger partial charge >= 0.3 is 0 Å². The molecule has 2 rings (SSSR count). The molecule has 0 bridgehead atoms. The van der Waals surface area contributed by atoms with Crippen LogP contribution >= 0.6 is 0 Å². The number of nitrogens with one attached hydrogen (secondary N) is 3. The van der Waals surface area contributed by atoms with Crippen LogP contribution in [0.5, 0.6) is 0 Å². The lowest BCUT2D eigenvalue weighted by molar-refractivity contribution is 0.0272. The van der Waals surface area contributed by atoms with Gasteiger partial charge in [-0.15, -0.1) is 0 Å². The Hall–Kier alpha value is -1.30. The maximum atomic E-state index is 9.97. The summed E-state index contributed by atoms with van der Waals surface area (Å²) < 4.78 is 0. The largest absolute Gasteiger partial charge is 0.396 e. The Morgan fingerprint density at radius 1 is 1.23 bits per heavy atom. The van der Waals surface area contributed by atoms with Gasteiger partial charge in [-0.1, -0.05) is 45.4 Å². The topological polar surface area (TPSA) is 65.5 Å². The zero-order chi connectivity index (χ0) is 22.8. The molecule has 1 aliphatic carbocycles. The normalized spacial score (nSPS) is 28.4. The summed E-state index contributed by atoms with van der Waals surface area (Å²) in [5.41, 5.74) is 5.80. The summed E-state index contributed by atoms with van der Waals surface area (Å²) in [5, 5.41) is 16.9. The van der Waals surface area contributed by atoms with Crippen molar-refractivity contribution in [2.75, 3.05) is 20.3 Å². The molecular formula is C26H47N3O2. The smallest absolute Gasteiger partial charge is 0.102 e. The Balaban J connectivity index is 1.86. The minimum Gasteiger partial charge on any atom is -0.396 e. The summed E-state index contributed by atoms with van der Waals surface area (Å²) in [7, 11) is 1.99. The summed E-state index contributed by atoms with van der Waals surface area (Å²) in [6, 6.07) is 0.351. The van der Waals surface area contributed by atoms with Crippen LogP contribution in [0.25, 0.3) is 0 Å². The molecule has 0 aromatic heterocycles. The third kappa shape index (κ3) is 7.96. The van der Waals surface area contributed by atoms with Crippen molar-refractivity contribution in [3.63, 3.8) is 0 Å². The third-order valence-electron chi connectivity index (χ3n) is 7.26. The minimum atomic E-state index is 0.264. The standard InChI is InChI=1S/C26H47N3O2/c1-7-31-29-20(4)9-8-10-24-16-23(26(27-6)28-24)15-18(2)11-13-22(17-30)25-14-12-19(3)21(25)5/h10-11,13,18-22,25,27-30H,7-9,12,14-17H2,1-6H3/b13-11-,24-10+. The van der Waals surface area contributed by atoms with Crippen LogP contribution in [-0.4, -0.2) is 31.4 Å². The molecule has 5 nitrogen and oxygen atoms in total. The number of hydroxylamine groups is 1. The minimum absolute atomic E-state index is 0.264. The second-order valence-corrected chi connectivity index (χ2v) is 9.78. The highest BCUT2D eigenvalue weighted by atomic mass is 16.6. The number of hydrogen-bond acceptors (Lipinski definition) is 5. The highest BCUT2D eigenvalue weighted by molar-refractivity contribution is 5.30. The van der Waals surface area contributed by atoms with Crippen molar-refractivity contribution in [3.8, 4) is 0 Å². The number of hydrogen-bond donors (Lipinski definition) is 4. The summed E-state index contributed by atoms with van der Waals surface area (Å²) in [4.78, 5) is 5.28. The predicted molar refractivity (Wildman–Crippen MR) is 130 cm³/mol. The SMILES string of the molecule is CCONC(C)CC/C=C1\CC(CC(C)/C=C\C(CO)C2CCC(C)C2C)=C(NC)N1. The van der Waals surface area contributed by atoms with E-state index >= 15 is 0 Å². The molecule has 0 radical (unpaired) electrons. The lowest BCUT2D eigenvalue weighted by Crippen LogP contribution is -2.26. The number of aliphatic hydroxyl groups excluding tert-OH is 1. The van der Waals surface area contributed by atoms with Crippen molar-refractivity contribution in [1.82, 2.24) is 16.1 Å². The molecule has 31 heavy (non-hydrogen) atoms. The lowest BCUT2D eigenvalue weighted by Gasteiger charge is -2.24. The van der Waals surface area contributed by atoms with Gasteiger partial charge in [-0.05, 0) is 68.8 Å². The molecule has 0 aromatic rings. The first kappa shape index (κ1) is 26.0. The van der Waals surface area contributed by atoms with Crippen molar-refractivity contribution in [2.24, 2.45) is 29.6 Å². The van der Waals surface area contributed by atoms with Gasteiger partial charge in [0.15, 0.2) is 0 Å². The zero-order valence-electron chi connectivity index (χ0n) is 20.7. The molecule has 6 unspecified atom stereocenters. The maximum absolute atomic E-state index is 9.97. The number of allylic oxidation sites excluding steroid dienone is 3. The first-order valence-corrected chi connectivity index (χ1v) is 12.4. The van der Waals surface area contributed by atoms with Gasteiger partial charge in [-0.25, -0.2) is 0 Å². The van der Waals surface area contributed by atoms with E-state index in [1.165, 1.54) is 24.1 Å². The fraction of sp³-hybridized carbons (Fsp3) is 0.769. The van der Waals surface area contributed by atoms with E-state index in [9.17, 15) is 5.11 Å². The van der Waals surface area contributed by atoms with Crippen LogP contribution in [-0.2, 0) is 4.84 Å². The van der Waals surface area contributed by atoms with Crippen LogP contribution in [0.15, 0.2) is 35.3 Å². The molecule has 0 amide bonds. The molecule has 6 atom stereocenters. The summed E-state index contributed by atoms with van der Waals surface area (Å²) in [6.45, 7) is 12.1. The summed E-state index contributed by atoms with van der Waals surface area (Å²) in [5.74, 6) is 4.01. The van der Waals surface area contributed by atoms with Gasteiger partial charge in [0.2, 0.25) is 0 Å². The summed E-state index contributed by atoms with van der Waals surface area (Å²) in [6.07, 6.45) is 13.6. The van der Waals surface area contributed by atoms with E-state index in [1.807, 2.05) is 14.0 Å². The van der Waals surface area contributed by atoms with Gasteiger partial charge in [0.25, 0.3) is 0 Å². The van der Waals surface area contributed by atoms with E-state index in [2.05, 4.69) is 62.0 Å². The Bertz CT molecular complexity index is 628. The van der Waals surface area contributed by atoms with E-state index in [1.54, 1.807) is 0 Å². The maximum Gasteiger partial charge on any atom is 0.102 e. The second kappa shape index (κ2) is 13.3. The Kier molecular flexibility index (Phi) is 11.1. The lowest BCUT2D eigenvalue weighted by atomic mass is 9.82. The van der Waals surface area contributed by atoms with Crippen molar-refractivity contribution in [1.29, 1.82) is 0 Å². The van der Waals surface area contributed by atoms with Gasteiger partial charge in [0.1, 0.15) is 5.82 Å². The Morgan fingerprint density at radius 3 is 2.61 bits per heavy atom. The van der Waals surface area contributed by atoms with Crippen molar-refractivity contribution in [2.45, 2.75) is 79.2 Å². The number of aliphatic hydroxyl groups is 1. The molecule has 1 heterocycles. The van der Waals surface area contributed by atoms with E-state index < -0.39 is 0 Å². The third-order valence-corrected chi connectivity index (χ3v) is 7.26. The molecular weight excluding hydrogens is 386 g/mol. The predicted octanol–water partition coefficient (Wildman–Crippen LogP) is 4.88. The van der Waals surface area contributed by atoms with Gasteiger partial charge in [-0.3, -0.25) is 0 Å². The van der Waals surface area contributed by atoms with Gasteiger partial charge in [0, 0.05) is 37.7 Å². The highest BCUT2D eigenvalue weighted by Gasteiger charge is 2.33. The van der Waals surface area contributed by atoms with E-state index in [0.29, 0.717) is 36.3 Å².